The SMILES string of the molecule is C[C@H](Oc1ccccc1)C(=O)N1CCC[C@@H](n2cc(-c3nc(C4CC4)no3)nn2)C1. The standard InChI is InChI=1S/C21H24N6O3/c1-14(29-17-7-3-2-4-8-17)21(28)26-11-5-6-16(12-26)27-13-18(23-25-27)20-22-19(24-30-20)15-9-10-15/h2-4,7-8,13-16H,5-6,9-12H2,1H3/t14-,16+/m0/s1. The maximum Gasteiger partial charge on any atom is 0.280 e. The number of nitrogens with zero attached hydrogens (tertiary/aromatic N) is 6. The van der Waals surface area contributed by atoms with Crippen LogP contribution in [0.5, 0.6) is 5.75 Å². The van der Waals surface area contributed by atoms with Crippen molar-refractivity contribution >= 4 is 5.91 Å². The largest absolute Gasteiger partial charge is 0.481 e. The lowest BCUT2D eigenvalue weighted by molar-refractivity contribution is -0.139. The number of para-hydroxylation sites is 1. The molecule has 0 bridgehead atoms. The van der Waals surface area contributed by atoms with Crippen molar-refractivity contribution < 1.29 is 14.1 Å². The minimum Gasteiger partial charge on any atom is -0.481 e. The molecule has 2 aliphatic rings. The van der Waals surface area contributed by atoms with Crippen molar-refractivity contribution in [3.8, 4) is 17.3 Å². The number of aromatic nitrogens is 5. The van der Waals surface area contributed by atoms with E-state index in [4.69, 9.17) is 9.26 Å². The van der Waals surface area contributed by atoms with Crippen LogP contribution in [-0.2, 0) is 4.79 Å². The van der Waals surface area contributed by atoms with E-state index in [-0.39, 0.29) is 11.9 Å². The molecule has 2 aromatic heterocycles. The number of benzene rings is 1. The van der Waals surface area contributed by atoms with Crippen LogP contribution in [0.1, 0.15) is 50.4 Å². The van der Waals surface area contributed by atoms with E-state index < -0.39 is 6.10 Å². The number of hydrogen-bond acceptors (Lipinski definition) is 7. The predicted octanol–water partition coefficient (Wildman–Crippen LogP) is 2.84. The second kappa shape index (κ2) is 7.89. The van der Waals surface area contributed by atoms with Crippen LogP contribution in [0.2, 0.25) is 0 Å². The average molecular weight is 408 g/mol. The molecule has 1 amide bonds. The van der Waals surface area contributed by atoms with Crippen molar-refractivity contribution in [2.75, 3.05) is 13.1 Å². The second-order valence-electron chi connectivity index (χ2n) is 7.97. The fourth-order valence-electron chi connectivity index (χ4n) is 3.78. The molecule has 0 N–H and O–H groups in total. The Labute approximate surface area is 174 Å². The van der Waals surface area contributed by atoms with Crippen LogP contribution < -0.4 is 4.74 Å². The van der Waals surface area contributed by atoms with Gasteiger partial charge in [-0.2, -0.15) is 4.98 Å². The molecular formula is C21H24N6O3. The number of likely N-dealkylation sites (tertiary alicyclic amines) is 1. The monoisotopic (exact) mass is 408 g/mol. The number of amides is 1. The van der Waals surface area contributed by atoms with E-state index in [9.17, 15) is 4.79 Å². The Morgan fingerprint density at radius 3 is 2.87 bits per heavy atom. The molecule has 3 aromatic rings. The first-order chi connectivity index (χ1) is 14.7. The average Bonchev–Trinajstić information content (AvgIpc) is 3.30. The summed E-state index contributed by atoms with van der Waals surface area (Å²) in [4.78, 5) is 19.2. The zero-order chi connectivity index (χ0) is 20.5. The smallest absolute Gasteiger partial charge is 0.280 e. The van der Waals surface area contributed by atoms with Gasteiger partial charge in [0.25, 0.3) is 11.8 Å². The summed E-state index contributed by atoms with van der Waals surface area (Å²) in [5.41, 5.74) is 0.568. The summed E-state index contributed by atoms with van der Waals surface area (Å²) in [7, 11) is 0. The minimum atomic E-state index is -0.545. The zero-order valence-corrected chi connectivity index (χ0v) is 16.8. The van der Waals surface area contributed by atoms with E-state index in [1.54, 1.807) is 11.6 Å². The van der Waals surface area contributed by atoms with E-state index in [0.717, 1.165) is 31.5 Å². The number of hydrogen-bond donors (Lipinski definition) is 0. The van der Waals surface area contributed by atoms with Gasteiger partial charge in [0.15, 0.2) is 17.6 Å². The van der Waals surface area contributed by atoms with Gasteiger partial charge in [0, 0.05) is 19.0 Å². The van der Waals surface area contributed by atoms with E-state index in [2.05, 4.69) is 20.5 Å². The van der Waals surface area contributed by atoms with Crippen molar-refractivity contribution in [2.45, 2.75) is 50.7 Å². The molecule has 9 heteroatoms. The highest BCUT2D eigenvalue weighted by Gasteiger charge is 2.31. The predicted molar refractivity (Wildman–Crippen MR) is 107 cm³/mol. The highest BCUT2D eigenvalue weighted by molar-refractivity contribution is 5.81. The maximum atomic E-state index is 12.9. The van der Waals surface area contributed by atoms with E-state index in [0.29, 0.717) is 36.3 Å². The van der Waals surface area contributed by atoms with Crippen molar-refractivity contribution in [3.05, 3.63) is 42.4 Å². The fourth-order valence-corrected chi connectivity index (χ4v) is 3.78. The number of carbonyl (C=O) groups is 1. The van der Waals surface area contributed by atoms with Crippen LogP contribution in [0.3, 0.4) is 0 Å². The summed E-state index contributed by atoms with van der Waals surface area (Å²) < 4.78 is 13.0. The number of rotatable bonds is 6. The third-order valence-corrected chi connectivity index (χ3v) is 5.60. The molecule has 0 spiro atoms. The Morgan fingerprint density at radius 1 is 1.23 bits per heavy atom. The lowest BCUT2D eigenvalue weighted by Crippen LogP contribution is -2.46. The van der Waals surface area contributed by atoms with Gasteiger partial charge in [0.2, 0.25) is 0 Å². The third-order valence-electron chi connectivity index (χ3n) is 5.60. The van der Waals surface area contributed by atoms with Crippen LogP contribution in [0.4, 0.5) is 0 Å². The van der Waals surface area contributed by atoms with Gasteiger partial charge < -0.3 is 14.2 Å². The van der Waals surface area contributed by atoms with Gasteiger partial charge >= 0.3 is 0 Å². The Kier molecular flexibility index (Phi) is 4.94. The Bertz CT molecular complexity index is 1010. The first-order valence-electron chi connectivity index (χ1n) is 10.4. The Balaban J connectivity index is 1.24. The topological polar surface area (TPSA) is 99.2 Å². The van der Waals surface area contributed by atoms with Gasteiger partial charge in [-0.15, -0.1) is 5.10 Å². The fraction of sp³-hybridized carbons (Fsp3) is 0.476. The number of piperidine rings is 1. The van der Waals surface area contributed by atoms with Crippen molar-refractivity contribution in [3.63, 3.8) is 0 Å². The molecule has 2 fully saturated rings. The molecule has 1 aromatic carbocycles. The second-order valence-corrected chi connectivity index (χ2v) is 7.97. The third kappa shape index (κ3) is 3.92. The Hall–Kier alpha value is -3.23. The molecule has 2 atom stereocenters. The first kappa shape index (κ1) is 18.8. The van der Waals surface area contributed by atoms with Crippen LogP contribution in [0.15, 0.2) is 41.1 Å². The van der Waals surface area contributed by atoms with Crippen molar-refractivity contribution in [2.24, 2.45) is 0 Å². The first-order valence-corrected chi connectivity index (χ1v) is 10.4. The molecule has 5 rings (SSSR count). The molecule has 0 unspecified atom stereocenters. The van der Waals surface area contributed by atoms with Gasteiger partial charge in [-0.3, -0.25) is 4.79 Å². The molecule has 3 heterocycles. The lowest BCUT2D eigenvalue weighted by atomic mass is 10.1. The van der Waals surface area contributed by atoms with Gasteiger partial charge in [-0.25, -0.2) is 4.68 Å². The van der Waals surface area contributed by atoms with Crippen molar-refractivity contribution in [1.82, 2.24) is 30.0 Å². The van der Waals surface area contributed by atoms with E-state index in [1.807, 2.05) is 41.4 Å². The van der Waals surface area contributed by atoms with Crippen LogP contribution >= 0.6 is 0 Å². The summed E-state index contributed by atoms with van der Waals surface area (Å²) in [6.07, 6.45) is 5.34. The summed E-state index contributed by atoms with van der Waals surface area (Å²) >= 11 is 0. The van der Waals surface area contributed by atoms with Crippen LogP contribution in [-0.4, -0.2) is 55.1 Å². The molecule has 1 saturated heterocycles. The van der Waals surface area contributed by atoms with Gasteiger partial charge in [-0.1, -0.05) is 28.6 Å². The van der Waals surface area contributed by atoms with Gasteiger partial charge in [0.05, 0.1) is 12.2 Å². The molecule has 1 aliphatic heterocycles. The number of ether oxygens (including phenoxy) is 1. The quantitative estimate of drug-likeness (QED) is 0.618. The zero-order valence-electron chi connectivity index (χ0n) is 16.8. The molecular weight excluding hydrogens is 384 g/mol. The summed E-state index contributed by atoms with van der Waals surface area (Å²) in [5, 5.41) is 12.5. The van der Waals surface area contributed by atoms with Gasteiger partial charge in [-0.05, 0) is 44.7 Å². The highest BCUT2D eigenvalue weighted by Crippen LogP contribution is 2.38. The lowest BCUT2D eigenvalue weighted by Gasteiger charge is -2.34. The molecule has 30 heavy (non-hydrogen) atoms. The summed E-state index contributed by atoms with van der Waals surface area (Å²) in [6, 6.07) is 9.46. The molecule has 0 radical (unpaired) electrons. The molecule has 1 saturated carbocycles. The summed E-state index contributed by atoms with van der Waals surface area (Å²) in [5.74, 6) is 2.25. The van der Waals surface area contributed by atoms with Crippen LogP contribution in [0.25, 0.3) is 11.6 Å². The molecule has 156 valence electrons. The van der Waals surface area contributed by atoms with Crippen molar-refractivity contribution in [1.29, 1.82) is 0 Å². The maximum absolute atomic E-state index is 12.9. The van der Waals surface area contributed by atoms with E-state index >= 15 is 0 Å². The highest BCUT2D eigenvalue weighted by atomic mass is 16.5. The van der Waals surface area contributed by atoms with Gasteiger partial charge in [0.1, 0.15) is 5.75 Å². The Morgan fingerprint density at radius 2 is 2.07 bits per heavy atom. The van der Waals surface area contributed by atoms with Crippen LogP contribution in [0, 0.1) is 0 Å². The molecule has 1 aliphatic carbocycles. The molecule has 9 nitrogen and oxygen atoms in total. The normalized spacial score (nSPS) is 20.2. The minimum absolute atomic E-state index is 0.0186. The number of carbonyl (C=O) groups excluding carboxylic acids is 1. The van der Waals surface area contributed by atoms with E-state index in [1.165, 1.54) is 0 Å². The summed E-state index contributed by atoms with van der Waals surface area (Å²) in [6.45, 7) is 3.08.